The van der Waals surface area contributed by atoms with E-state index in [1.165, 1.54) is 12.6 Å². The van der Waals surface area contributed by atoms with Crippen molar-refractivity contribution < 1.29 is 13.6 Å². The van der Waals surface area contributed by atoms with Gasteiger partial charge in [-0.25, -0.2) is 8.78 Å². The summed E-state index contributed by atoms with van der Waals surface area (Å²) in [4.78, 5) is 12.3. The van der Waals surface area contributed by atoms with Crippen LogP contribution < -0.4 is 5.32 Å². The van der Waals surface area contributed by atoms with E-state index in [0.717, 1.165) is 23.1 Å². The van der Waals surface area contributed by atoms with Gasteiger partial charge in [-0.2, -0.15) is 5.10 Å². The van der Waals surface area contributed by atoms with E-state index in [2.05, 4.69) is 10.4 Å². The summed E-state index contributed by atoms with van der Waals surface area (Å²) in [5.41, 5.74) is 1.36. The van der Waals surface area contributed by atoms with E-state index in [0.29, 0.717) is 5.92 Å². The SMILES string of the molecule is Cn1nc(C(F)F)c(C(=O)NCc2ccccc2C2CC2)c1Cl. The van der Waals surface area contributed by atoms with Crippen LogP contribution in [0.15, 0.2) is 24.3 Å². The van der Waals surface area contributed by atoms with Gasteiger partial charge in [0.05, 0.1) is 0 Å². The van der Waals surface area contributed by atoms with Crippen LogP contribution in [-0.2, 0) is 13.6 Å². The van der Waals surface area contributed by atoms with Gasteiger partial charge in [-0.1, -0.05) is 35.9 Å². The summed E-state index contributed by atoms with van der Waals surface area (Å²) >= 11 is 5.93. The van der Waals surface area contributed by atoms with Gasteiger partial charge >= 0.3 is 0 Å². The van der Waals surface area contributed by atoms with Gasteiger partial charge in [0.25, 0.3) is 12.3 Å². The molecule has 1 aliphatic rings. The third kappa shape index (κ3) is 3.22. The highest BCUT2D eigenvalue weighted by molar-refractivity contribution is 6.33. The van der Waals surface area contributed by atoms with Crippen LogP contribution in [0.2, 0.25) is 5.15 Å². The summed E-state index contributed by atoms with van der Waals surface area (Å²) in [5, 5.41) is 6.20. The van der Waals surface area contributed by atoms with E-state index < -0.39 is 18.0 Å². The second-order valence-electron chi connectivity index (χ2n) is 5.63. The predicted molar refractivity (Wildman–Crippen MR) is 82.8 cm³/mol. The number of amides is 1. The van der Waals surface area contributed by atoms with E-state index >= 15 is 0 Å². The maximum Gasteiger partial charge on any atom is 0.283 e. The van der Waals surface area contributed by atoms with Crippen LogP contribution in [0, 0.1) is 0 Å². The minimum atomic E-state index is -2.85. The third-order valence-corrected chi connectivity index (χ3v) is 4.38. The van der Waals surface area contributed by atoms with Crippen LogP contribution in [0.3, 0.4) is 0 Å². The minimum absolute atomic E-state index is 0.0896. The summed E-state index contributed by atoms with van der Waals surface area (Å²) < 4.78 is 27.1. The number of nitrogens with zero attached hydrogens (tertiary/aromatic N) is 2. The van der Waals surface area contributed by atoms with Crippen molar-refractivity contribution in [2.45, 2.75) is 31.7 Å². The predicted octanol–water partition coefficient (Wildman–Crippen LogP) is 3.82. The maximum absolute atomic E-state index is 13.0. The maximum atomic E-state index is 13.0. The Morgan fingerprint density at radius 1 is 1.43 bits per heavy atom. The molecule has 0 saturated heterocycles. The van der Waals surface area contributed by atoms with Gasteiger partial charge in [0.2, 0.25) is 0 Å². The summed E-state index contributed by atoms with van der Waals surface area (Å²) in [6.45, 7) is 0.277. The molecule has 4 nitrogen and oxygen atoms in total. The molecule has 1 fully saturated rings. The molecule has 23 heavy (non-hydrogen) atoms. The fraction of sp³-hybridized carbons (Fsp3) is 0.375. The molecule has 0 spiro atoms. The first-order chi connectivity index (χ1) is 11.0. The van der Waals surface area contributed by atoms with Crippen molar-refractivity contribution in [1.29, 1.82) is 0 Å². The molecule has 1 saturated carbocycles. The highest BCUT2D eigenvalue weighted by Crippen LogP contribution is 2.41. The van der Waals surface area contributed by atoms with Crippen molar-refractivity contribution in [2.24, 2.45) is 7.05 Å². The van der Waals surface area contributed by atoms with Crippen molar-refractivity contribution in [3.63, 3.8) is 0 Å². The quantitative estimate of drug-likeness (QED) is 0.900. The zero-order valence-electron chi connectivity index (χ0n) is 12.5. The van der Waals surface area contributed by atoms with Gasteiger partial charge in [-0.15, -0.1) is 0 Å². The Morgan fingerprint density at radius 2 is 2.13 bits per heavy atom. The number of halogens is 3. The summed E-state index contributed by atoms with van der Waals surface area (Å²) in [7, 11) is 1.42. The van der Waals surface area contributed by atoms with Gasteiger partial charge in [0.1, 0.15) is 16.4 Å². The van der Waals surface area contributed by atoms with Crippen molar-refractivity contribution in [3.05, 3.63) is 51.8 Å². The van der Waals surface area contributed by atoms with Gasteiger partial charge in [-0.05, 0) is 29.9 Å². The zero-order valence-corrected chi connectivity index (χ0v) is 13.3. The van der Waals surface area contributed by atoms with E-state index in [1.54, 1.807) is 0 Å². The number of nitrogens with one attached hydrogen (secondary N) is 1. The van der Waals surface area contributed by atoms with Crippen LogP contribution in [-0.4, -0.2) is 15.7 Å². The molecule has 1 aromatic heterocycles. The molecule has 0 radical (unpaired) electrons. The smallest absolute Gasteiger partial charge is 0.283 e. The number of benzene rings is 1. The Morgan fingerprint density at radius 3 is 2.78 bits per heavy atom. The Hall–Kier alpha value is -1.95. The lowest BCUT2D eigenvalue weighted by Crippen LogP contribution is -2.24. The summed E-state index contributed by atoms with van der Waals surface area (Å²) in [5.74, 6) is -0.0919. The van der Waals surface area contributed by atoms with Gasteiger partial charge in [0.15, 0.2) is 0 Å². The first-order valence-electron chi connectivity index (χ1n) is 7.35. The molecule has 122 valence electrons. The molecule has 1 aromatic carbocycles. The molecule has 2 aromatic rings. The number of alkyl halides is 2. The monoisotopic (exact) mass is 339 g/mol. The summed E-state index contributed by atoms with van der Waals surface area (Å²) in [6.07, 6.45) is -0.558. The molecule has 0 atom stereocenters. The average molecular weight is 340 g/mol. The number of carbonyl (C=O) groups excluding carboxylic acids is 1. The molecule has 0 aliphatic heterocycles. The third-order valence-electron chi connectivity index (χ3n) is 3.95. The topological polar surface area (TPSA) is 46.9 Å². The van der Waals surface area contributed by atoms with Crippen LogP contribution in [0.4, 0.5) is 8.78 Å². The van der Waals surface area contributed by atoms with Gasteiger partial charge < -0.3 is 5.32 Å². The standard InChI is InChI=1S/C16H16ClF2N3O/c1-22-14(17)12(13(21-22)15(18)19)16(23)20-8-10-4-2-3-5-11(10)9-6-7-9/h2-5,9,15H,6-8H2,1H3,(H,20,23). The number of rotatable bonds is 5. The fourth-order valence-electron chi connectivity index (χ4n) is 2.64. The van der Waals surface area contributed by atoms with Crippen LogP contribution in [0.1, 0.15) is 52.4 Å². The number of hydrogen-bond donors (Lipinski definition) is 1. The highest BCUT2D eigenvalue weighted by atomic mass is 35.5. The Labute approximate surface area is 137 Å². The molecule has 0 bridgehead atoms. The number of carbonyl (C=O) groups is 1. The van der Waals surface area contributed by atoms with Crippen LogP contribution in [0.25, 0.3) is 0 Å². The van der Waals surface area contributed by atoms with Crippen molar-refractivity contribution >= 4 is 17.5 Å². The zero-order chi connectivity index (χ0) is 16.6. The lowest BCUT2D eigenvalue weighted by atomic mass is 10.0. The minimum Gasteiger partial charge on any atom is -0.348 e. The molecule has 1 N–H and O–H groups in total. The first-order valence-corrected chi connectivity index (χ1v) is 7.73. The summed E-state index contributed by atoms with van der Waals surface area (Å²) in [6, 6.07) is 7.84. The second kappa shape index (κ2) is 6.28. The lowest BCUT2D eigenvalue weighted by molar-refractivity contribution is 0.0936. The lowest BCUT2D eigenvalue weighted by Gasteiger charge is -2.10. The first kappa shape index (κ1) is 15.9. The normalized spacial score (nSPS) is 14.3. The van der Waals surface area contributed by atoms with Crippen molar-refractivity contribution in [3.8, 4) is 0 Å². The fourth-order valence-corrected chi connectivity index (χ4v) is 2.86. The van der Waals surface area contributed by atoms with Crippen LogP contribution >= 0.6 is 11.6 Å². The van der Waals surface area contributed by atoms with Gasteiger partial charge in [-0.3, -0.25) is 9.48 Å². The van der Waals surface area contributed by atoms with E-state index in [1.807, 2.05) is 24.3 Å². The Kier molecular flexibility index (Phi) is 4.35. The van der Waals surface area contributed by atoms with E-state index in [4.69, 9.17) is 11.6 Å². The van der Waals surface area contributed by atoms with E-state index in [-0.39, 0.29) is 17.3 Å². The van der Waals surface area contributed by atoms with Gasteiger partial charge in [0, 0.05) is 13.6 Å². The molecule has 1 aliphatic carbocycles. The van der Waals surface area contributed by atoms with Crippen LogP contribution in [0.5, 0.6) is 0 Å². The number of aromatic nitrogens is 2. The molecular weight excluding hydrogens is 324 g/mol. The largest absolute Gasteiger partial charge is 0.348 e. The Bertz CT molecular complexity index is 741. The van der Waals surface area contributed by atoms with Crippen molar-refractivity contribution in [1.82, 2.24) is 15.1 Å². The average Bonchev–Trinajstić information content (AvgIpc) is 3.32. The number of aryl methyl sites for hydroxylation is 1. The van der Waals surface area contributed by atoms with E-state index in [9.17, 15) is 13.6 Å². The molecule has 1 heterocycles. The van der Waals surface area contributed by atoms with Crippen molar-refractivity contribution in [2.75, 3.05) is 0 Å². The molecule has 7 heteroatoms. The molecule has 1 amide bonds. The molecular formula is C16H16ClF2N3O. The number of hydrogen-bond acceptors (Lipinski definition) is 2. The highest BCUT2D eigenvalue weighted by Gasteiger charge is 2.28. The molecule has 0 unspecified atom stereocenters. The molecule has 3 rings (SSSR count). The second-order valence-corrected chi connectivity index (χ2v) is 5.99. The Balaban J connectivity index is 1.78.